The Bertz CT molecular complexity index is 418. The average Bonchev–Trinajstić information content (AvgIpc) is 2.26. The zero-order valence-electron chi connectivity index (χ0n) is 7.69. The topological polar surface area (TPSA) is 56.8 Å². The standard InChI is InChI=1S/C11H8N2O/c1-14-11-4-2-9(3-5-11)10(8-13)6-7-12/h2-6H,1H3/b10-6-. The minimum atomic E-state index is 0.357. The number of allylic oxidation sites excluding steroid dienone is 2. The summed E-state index contributed by atoms with van der Waals surface area (Å²) < 4.78 is 4.98. The number of nitriles is 2. The Morgan fingerprint density at radius 2 is 1.93 bits per heavy atom. The van der Waals surface area contributed by atoms with Gasteiger partial charge in [-0.05, 0) is 29.8 Å². The van der Waals surface area contributed by atoms with Crippen LogP contribution in [0.3, 0.4) is 0 Å². The summed E-state index contributed by atoms with van der Waals surface area (Å²) in [6.45, 7) is 0. The Kier molecular flexibility index (Phi) is 3.29. The van der Waals surface area contributed by atoms with E-state index in [1.165, 1.54) is 6.08 Å². The Balaban J connectivity index is 3.04. The molecule has 0 spiro atoms. The van der Waals surface area contributed by atoms with Crippen molar-refractivity contribution in [3.05, 3.63) is 35.9 Å². The van der Waals surface area contributed by atoms with E-state index < -0.39 is 0 Å². The van der Waals surface area contributed by atoms with Gasteiger partial charge in [0.05, 0.1) is 18.8 Å². The molecule has 0 bridgehead atoms. The van der Waals surface area contributed by atoms with Crippen LogP contribution in [0.15, 0.2) is 30.3 Å². The van der Waals surface area contributed by atoms with Gasteiger partial charge in [-0.3, -0.25) is 0 Å². The van der Waals surface area contributed by atoms with E-state index in [1.807, 2.05) is 12.1 Å². The van der Waals surface area contributed by atoms with Crippen LogP contribution >= 0.6 is 0 Å². The average molecular weight is 184 g/mol. The molecule has 0 saturated carbocycles. The van der Waals surface area contributed by atoms with Gasteiger partial charge in [0.25, 0.3) is 0 Å². The molecule has 1 aromatic carbocycles. The smallest absolute Gasteiger partial charge is 0.118 e. The van der Waals surface area contributed by atoms with Gasteiger partial charge in [0.1, 0.15) is 11.8 Å². The van der Waals surface area contributed by atoms with E-state index in [4.69, 9.17) is 15.3 Å². The lowest BCUT2D eigenvalue weighted by Gasteiger charge is -2.00. The predicted octanol–water partition coefficient (Wildman–Crippen LogP) is 2.13. The summed E-state index contributed by atoms with van der Waals surface area (Å²) in [6, 6.07) is 10.8. The van der Waals surface area contributed by atoms with Crippen molar-refractivity contribution >= 4 is 5.57 Å². The fourth-order valence-corrected chi connectivity index (χ4v) is 1.02. The van der Waals surface area contributed by atoms with E-state index in [9.17, 15) is 0 Å². The Hall–Kier alpha value is -2.26. The number of ether oxygens (including phenoxy) is 1. The van der Waals surface area contributed by atoms with Gasteiger partial charge in [-0.2, -0.15) is 10.5 Å². The third kappa shape index (κ3) is 2.12. The molecular formula is C11H8N2O. The van der Waals surface area contributed by atoms with Gasteiger partial charge >= 0.3 is 0 Å². The molecule has 0 aromatic heterocycles. The molecule has 3 nitrogen and oxygen atoms in total. The second kappa shape index (κ2) is 4.69. The molecule has 0 N–H and O–H groups in total. The van der Waals surface area contributed by atoms with Crippen LogP contribution in [0.1, 0.15) is 5.56 Å². The van der Waals surface area contributed by atoms with Gasteiger partial charge < -0.3 is 4.74 Å². The second-order valence-electron chi connectivity index (χ2n) is 2.53. The van der Waals surface area contributed by atoms with Crippen LogP contribution in [0.2, 0.25) is 0 Å². The molecule has 0 unspecified atom stereocenters. The molecule has 0 fully saturated rings. The number of nitrogens with zero attached hydrogens (tertiary/aromatic N) is 2. The molecule has 0 radical (unpaired) electrons. The molecule has 14 heavy (non-hydrogen) atoms. The summed E-state index contributed by atoms with van der Waals surface area (Å²) in [5, 5.41) is 17.2. The van der Waals surface area contributed by atoms with Crippen LogP contribution in [0.5, 0.6) is 5.75 Å². The third-order valence-electron chi connectivity index (χ3n) is 1.73. The first-order valence-electron chi connectivity index (χ1n) is 3.96. The van der Waals surface area contributed by atoms with Crippen LogP contribution in [-0.4, -0.2) is 7.11 Å². The highest BCUT2D eigenvalue weighted by molar-refractivity contribution is 5.78. The molecule has 0 aliphatic heterocycles. The summed E-state index contributed by atoms with van der Waals surface area (Å²) >= 11 is 0. The number of rotatable bonds is 2. The van der Waals surface area contributed by atoms with Crippen LogP contribution in [0, 0.1) is 22.7 Å². The second-order valence-corrected chi connectivity index (χ2v) is 2.53. The maximum Gasteiger partial charge on any atom is 0.118 e. The molecule has 0 atom stereocenters. The molecule has 0 heterocycles. The highest BCUT2D eigenvalue weighted by atomic mass is 16.5. The molecule has 0 aliphatic rings. The van der Waals surface area contributed by atoms with Gasteiger partial charge in [-0.25, -0.2) is 0 Å². The van der Waals surface area contributed by atoms with E-state index in [0.29, 0.717) is 5.57 Å². The number of hydrogen-bond acceptors (Lipinski definition) is 3. The van der Waals surface area contributed by atoms with Crippen LogP contribution in [0.25, 0.3) is 5.57 Å². The quantitative estimate of drug-likeness (QED) is 0.661. The van der Waals surface area contributed by atoms with Crippen LogP contribution < -0.4 is 4.74 Å². The molecule has 1 aromatic rings. The Labute approximate surface area is 82.5 Å². The third-order valence-corrected chi connectivity index (χ3v) is 1.73. The first-order valence-corrected chi connectivity index (χ1v) is 3.96. The minimum absolute atomic E-state index is 0.357. The molecular weight excluding hydrogens is 176 g/mol. The molecule has 1 rings (SSSR count). The van der Waals surface area contributed by atoms with Gasteiger partial charge in [0, 0.05) is 6.08 Å². The summed E-state index contributed by atoms with van der Waals surface area (Å²) in [7, 11) is 1.57. The first kappa shape index (κ1) is 9.83. The highest BCUT2D eigenvalue weighted by Crippen LogP contribution is 2.17. The maximum absolute atomic E-state index is 8.74. The van der Waals surface area contributed by atoms with Crippen LogP contribution in [0.4, 0.5) is 0 Å². The lowest BCUT2D eigenvalue weighted by molar-refractivity contribution is 0.415. The summed E-state index contributed by atoms with van der Waals surface area (Å²) in [5.41, 5.74) is 1.07. The molecule has 0 amide bonds. The van der Waals surface area contributed by atoms with Crippen molar-refractivity contribution in [3.63, 3.8) is 0 Å². The van der Waals surface area contributed by atoms with Gasteiger partial charge in [0.2, 0.25) is 0 Å². The van der Waals surface area contributed by atoms with Gasteiger partial charge in [-0.15, -0.1) is 0 Å². The summed E-state index contributed by atoms with van der Waals surface area (Å²) in [4.78, 5) is 0. The van der Waals surface area contributed by atoms with Crippen molar-refractivity contribution in [2.45, 2.75) is 0 Å². The van der Waals surface area contributed by atoms with Crippen molar-refractivity contribution in [3.8, 4) is 17.9 Å². The fourth-order valence-electron chi connectivity index (χ4n) is 1.02. The number of hydrogen-bond donors (Lipinski definition) is 0. The van der Waals surface area contributed by atoms with Crippen molar-refractivity contribution < 1.29 is 4.74 Å². The van der Waals surface area contributed by atoms with Gasteiger partial charge in [0.15, 0.2) is 0 Å². The summed E-state index contributed by atoms with van der Waals surface area (Å²) in [5.74, 6) is 0.725. The van der Waals surface area contributed by atoms with E-state index >= 15 is 0 Å². The summed E-state index contributed by atoms with van der Waals surface area (Å²) in [6.07, 6.45) is 1.22. The predicted molar refractivity (Wildman–Crippen MR) is 52.2 cm³/mol. The monoisotopic (exact) mass is 184 g/mol. The van der Waals surface area contributed by atoms with Gasteiger partial charge in [-0.1, -0.05) is 0 Å². The number of benzene rings is 1. The van der Waals surface area contributed by atoms with E-state index in [-0.39, 0.29) is 0 Å². The minimum Gasteiger partial charge on any atom is -0.497 e. The van der Waals surface area contributed by atoms with E-state index in [1.54, 1.807) is 31.4 Å². The van der Waals surface area contributed by atoms with Crippen molar-refractivity contribution in [2.24, 2.45) is 0 Å². The molecule has 0 saturated heterocycles. The van der Waals surface area contributed by atoms with Crippen molar-refractivity contribution in [1.29, 1.82) is 10.5 Å². The molecule has 68 valence electrons. The number of methoxy groups -OCH3 is 1. The maximum atomic E-state index is 8.74. The van der Waals surface area contributed by atoms with Crippen molar-refractivity contribution in [1.82, 2.24) is 0 Å². The van der Waals surface area contributed by atoms with Crippen molar-refractivity contribution in [2.75, 3.05) is 7.11 Å². The normalized spacial score (nSPS) is 10.1. The zero-order chi connectivity index (χ0) is 10.4. The SMILES string of the molecule is COc1ccc(/C(C#N)=C\C#N)cc1. The molecule has 0 aliphatic carbocycles. The Morgan fingerprint density at radius 1 is 1.29 bits per heavy atom. The lowest BCUT2D eigenvalue weighted by Crippen LogP contribution is -1.84. The lowest BCUT2D eigenvalue weighted by atomic mass is 10.1. The van der Waals surface area contributed by atoms with Crippen LogP contribution in [-0.2, 0) is 0 Å². The fraction of sp³-hybridized carbons (Fsp3) is 0.0909. The zero-order valence-corrected chi connectivity index (χ0v) is 7.69. The molecule has 3 heteroatoms. The largest absolute Gasteiger partial charge is 0.497 e. The van der Waals surface area contributed by atoms with E-state index in [0.717, 1.165) is 11.3 Å². The highest BCUT2D eigenvalue weighted by Gasteiger charge is 1.99. The Morgan fingerprint density at radius 3 is 2.36 bits per heavy atom. The first-order chi connectivity index (χ1) is 6.81. The van der Waals surface area contributed by atoms with E-state index in [2.05, 4.69) is 0 Å².